The summed E-state index contributed by atoms with van der Waals surface area (Å²) in [5.74, 6) is 0. The number of furan rings is 1. The summed E-state index contributed by atoms with van der Waals surface area (Å²) in [4.78, 5) is 5.23. The molecule has 0 saturated carbocycles. The molecule has 4 nitrogen and oxygen atoms in total. The van der Waals surface area contributed by atoms with Crippen molar-refractivity contribution in [2.45, 2.75) is 0 Å². The Morgan fingerprint density at radius 3 is 1.38 bits per heavy atom. The molecule has 0 amide bonds. The first-order valence-corrected chi connectivity index (χ1v) is 21.5. The number of nitrogens with zero attached hydrogens (tertiary/aromatic N) is 3. The zero-order valence-corrected chi connectivity index (χ0v) is 34.0. The van der Waals surface area contributed by atoms with Gasteiger partial charge in [0.1, 0.15) is 11.3 Å². The number of benzene rings is 9. The summed E-state index contributed by atoms with van der Waals surface area (Å²) in [6, 6.07) is 75.0. The number of hydrogen-bond donors (Lipinski definition) is 0. The second kappa shape index (κ2) is 13.0. The maximum Gasteiger partial charge on any atom is 0.161 e. The Balaban J connectivity index is 1.12. The lowest BCUT2D eigenvalue weighted by Crippen LogP contribution is -2.03. The number of pyridine rings is 1. The molecule has 4 heterocycles. The SMILES string of the molecule is c1ccc2c(c1)-c1ccccc1-c1cc(-c3nccc4c3oc3ccccc34)c(-n3c4ccccc4c4cc(-n5c6ccccc6c6ccccc65)ccc43)cc1-c1ccccc1-2. The van der Waals surface area contributed by atoms with Crippen LogP contribution < -0.4 is 0 Å². The second-order valence-corrected chi connectivity index (χ2v) is 16.6. The minimum absolute atomic E-state index is 0.777. The lowest BCUT2D eigenvalue weighted by molar-refractivity contribution is 0.668. The summed E-state index contributed by atoms with van der Waals surface area (Å²) >= 11 is 0. The van der Waals surface area contributed by atoms with E-state index in [1.165, 1.54) is 66.0 Å². The number of rotatable bonds is 3. The predicted molar refractivity (Wildman–Crippen MR) is 261 cm³/mol. The molecule has 0 N–H and O–H groups in total. The molecule has 292 valence electrons. The smallest absolute Gasteiger partial charge is 0.161 e. The molecular formula is C59H35N3O. The second-order valence-electron chi connectivity index (χ2n) is 16.6. The first kappa shape index (κ1) is 34.3. The minimum Gasteiger partial charge on any atom is -0.454 e. The molecule has 14 rings (SSSR count). The molecule has 9 aromatic carbocycles. The average molecular weight is 802 g/mol. The fourth-order valence-corrected chi connectivity index (χ4v) is 10.7. The van der Waals surface area contributed by atoms with Gasteiger partial charge in [-0.25, -0.2) is 0 Å². The van der Waals surface area contributed by atoms with E-state index in [1.807, 2.05) is 18.3 Å². The molecule has 0 radical (unpaired) electrons. The first-order chi connectivity index (χ1) is 31.3. The van der Waals surface area contributed by atoms with Gasteiger partial charge in [-0.3, -0.25) is 4.98 Å². The quantitative estimate of drug-likeness (QED) is 0.178. The van der Waals surface area contributed by atoms with E-state index in [2.05, 4.69) is 203 Å². The summed E-state index contributed by atoms with van der Waals surface area (Å²) in [5.41, 5.74) is 19.7. The van der Waals surface area contributed by atoms with Crippen LogP contribution in [-0.4, -0.2) is 14.1 Å². The standard InChI is InChI=1S/C59H35N3O/c1-2-16-38-37(15-1)39-17-3-5-19-41(39)48-34-51(58-59-47(31-32-60-58)46-24-10-14-28-57(46)63-59)56(35-49(48)42-20-6-4-18-40(38)42)62-54-27-13-9-23-45(54)50-33-36(29-30-55(50)62)61-52-25-11-7-21-43(52)44-22-8-12-26-53(44)61/h1-35H. The van der Waals surface area contributed by atoms with Gasteiger partial charge in [0.2, 0.25) is 0 Å². The Bertz CT molecular complexity index is 3990. The van der Waals surface area contributed by atoms with Gasteiger partial charge in [0.05, 0.1) is 27.8 Å². The number of fused-ring (bicyclic) bond motifs is 17. The highest BCUT2D eigenvalue weighted by atomic mass is 16.3. The molecule has 0 fully saturated rings. The van der Waals surface area contributed by atoms with Crippen molar-refractivity contribution in [3.05, 3.63) is 212 Å². The zero-order valence-electron chi connectivity index (χ0n) is 34.0. The van der Waals surface area contributed by atoms with Crippen LogP contribution in [0.4, 0.5) is 0 Å². The molecule has 0 bridgehead atoms. The Morgan fingerprint density at radius 2 is 0.778 bits per heavy atom. The van der Waals surface area contributed by atoms with Crippen LogP contribution in [0.15, 0.2) is 217 Å². The van der Waals surface area contributed by atoms with Crippen molar-refractivity contribution in [1.82, 2.24) is 14.1 Å². The van der Waals surface area contributed by atoms with Crippen LogP contribution in [0.1, 0.15) is 0 Å². The molecule has 63 heavy (non-hydrogen) atoms. The molecule has 13 aromatic rings. The summed E-state index contributed by atoms with van der Waals surface area (Å²) in [7, 11) is 0. The van der Waals surface area contributed by atoms with Crippen molar-refractivity contribution in [2.24, 2.45) is 0 Å². The van der Waals surface area contributed by atoms with Crippen molar-refractivity contribution in [3.8, 4) is 67.1 Å². The summed E-state index contributed by atoms with van der Waals surface area (Å²) < 4.78 is 11.7. The van der Waals surface area contributed by atoms with E-state index >= 15 is 0 Å². The molecule has 0 atom stereocenters. The molecule has 4 aromatic heterocycles. The Kier molecular flexibility index (Phi) is 7.08. The van der Waals surface area contributed by atoms with Gasteiger partial charge >= 0.3 is 0 Å². The van der Waals surface area contributed by atoms with Crippen LogP contribution in [0.2, 0.25) is 0 Å². The fourth-order valence-electron chi connectivity index (χ4n) is 10.7. The van der Waals surface area contributed by atoms with Gasteiger partial charge in [0.15, 0.2) is 5.58 Å². The van der Waals surface area contributed by atoms with E-state index in [9.17, 15) is 0 Å². The van der Waals surface area contributed by atoms with Crippen LogP contribution in [0, 0.1) is 0 Å². The average Bonchev–Trinajstić information content (AvgIpc) is 4.01. The molecule has 0 aliphatic heterocycles. The number of aromatic nitrogens is 3. The molecular weight excluding hydrogens is 767 g/mol. The highest BCUT2D eigenvalue weighted by Crippen LogP contribution is 2.51. The zero-order chi connectivity index (χ0) is 41.2. The Labute approximate surface area is 362 Å². The van der Waals surface area contributed by atoms with Crippen LogP contribution in [0.3, 0.4) is 0 Å². The minimum atomic E-state index is 0.777. The van der Waals surface area contributed by atoms with Crippen LogP contribution in [0.5, 0.6) is 0 Å². The van der Waals surface area contributed by atoms with E-state index in [-0.39, 0.29) is 0 Å². The molecule has 0 saturated heterocycles. The maximum atomic E-state index is 6.80. The van der Waals surface area contributed by atoms with Gasteiger partial charge in [0.25, 0.3) is 0 Å². The van der Waals surface area contributed by atoms with Crippen molar-refractivity contribution in [1.29, 1.82) is 0 Å². The van der Waals surface area contributed by atoms with Gasteiger partial charge in [-0.15, -0.1) is 0 Å². The van der Waals surface area contributed by atoms with Crippen molar-refractivity contribution < 1.29 is 4.42 Å². The first-order valence-electron chi connectivity index (χ1n) is 21.5. The van der Waals surface area contributed by atoms with Crippen molar-refractivity contribution in [3.63, 3.8) is 0 Å². The van der Waals surface area contributed by atoms with Gasteiger partial charge < -0.3 is 13.6 Å². The summed E-state index contributed by atoms with van der Waals surface area (Å²) in [6.45, 7) is 0. The molecule has 1 aliphatic carbocycles. The lowest BCUT2D eigenvalue weighted by atomic mass is 9.80. The van der Waals surface area contributed by atoms with E-state index in [4.69, 9.17) is 9.40 Å². The maximum absolute atomic E-state index is 6.80. The molecule has 0 unspecified atom stereocenters. The van der Waals surface area contributed by atoms with Crippen LogP contribution >= 0.6 is 0 Å². The van der Waals surface area contributed by atoms with E-state index < -0.39 is 0 Å². The van der Waals surface area contributed by atoms with E-state index in [0.717, 1.165) is 66.7 Å². The highest BCUT2D eigenvalue weighted by Gasteiger charge is 2.27. The molecule has 0 spiro atoms. The van der Waals surface area contributed by atoms with Gasteiger partial charge in [-0.2, -0.15) is 0 Å². The largest absolute Gasteiger partial charge is 0.454 e. The van der Waals surface area contributed by atoms with Crippen LogP contribution in [0.25, 0.3) is 133 Å². The lowest BCUT2D eigenvalue weighted by Gasteiger charge is -2.25. The fraction of sp³-hybridized carbons (Fsp3) is 0. The summed E-state index contributed by atoms with van der Waals surface area (Å²) in [5, 5.41) is 6.98. The van der Waals surface area contributed by atoms with Crippen LogP contribution in [-0.2, 0) is 0 Å². The molecule has 4 heteroatoms. The normalized spacial score (nSPS) is 12.1. The third-order valence-corrected chi connectivity index (χ3v) is 13.4. The molecule has 1 aliphatic rings. The number of para-hydroxylation sites is 4. The monoisotopic (exact) mass is 801 g/mol. The van der Waals surface area contributed by atoms with Gasteiger partial charge in [-0.1, -0.05) is 146 Å². The number of hydrogen-bond acceptors (Lipinski definition) is 2. The van der Waals surface area contributed by atoms with Gasteiger partial charge in [0, 0.05) is 49.8 Å². The Hall–Kier alpha value is -8.47. The Morgan fingerprint density at radius 1 is 0.317 bits per heavy atom. The van der Waals surface area contributed by atoms with E-state index in [1.54, 1.807) is 0 Å². The topological polar surface area (TPSA) is 35.9 Å². The third-order valence-electron chi connectivity index (χ3n) is 13.4. The van der Waals surface area contributed by atoms with Crippen molar-refractivity contribution >= 4 is 65.6 Å². The highest BCUT2D eigenvalue weighted by molar-refractivity contribution is 6.15. The predicted octanol–water partition coefficient (Wildman–Crippen LogP) is 15.8. The van der Waals surface area contributed by atoms with Crippen molar-refractivity contribution in [2.75, 3.05) is 0 Å². The summed E-state index contributed by atoms with van der Waals surface area (Å²) in [6.07, 6.45) is 1.93. The van der Waals surface area contributed by atoms with E-state index in [0.29, 0.717) is 0 Å². The third kappa shape index (κ3) is 4.83. The van der Waals surface area contributed by atoms with Gasteiger partial charge in [-0.05, 0) is 105 Å².